The van der Waals surface area contributed by atoms with Gasteiger partial charge in [-0.15, -0.1) is 0 Å². The van der Waals surface area contributed by atoms with E-state index in [4.69, 9.17) is 5.73 Å². The molecule has 0 radical (unpaired) electrons. The summed E-state index contributed by atoms with van der Waals surface area (Å²) in [6, 6.07) is 1.91. The maximum absolute atomic E-state index is 5.66. The molecule has 13 heavy (non-hydrogen) atoms. The van der Waals surface area contributed by atoms with Crippen LogP contribution < -0.4 is 5.73 Å². The van der Waals surface area contributed by atoms with Crippen LogP contribution in [0.25, 0.3) is 16.6 Å². The molecule has 3 aromatic heterocycles. The summed E-state index contributed by atoms with van der Waals surface area (Å²) in [5.41, 5.74) is 7.45. The van der Waals surface area contributed by atoms with Crippen LogP contribution in [0.15, 0.2) is 24.7 Å². The van der Waals surface area contributed by atoms with E-state index < -0.39 is 0 Å². The third-order valence-corrected chi connectivity index (χ3v) is 2.10. The minimum Gasteiger partial charge on any atom is -0.382 e. The number of H-pyrrole nitrogens is 1. The number of nitrogen functional groups attached to an aromatic ring is 1. The van der Waals surface area contributed by atoms with Crippen LogP contribution in [0.1, 0.15) is 0 Å². The standard InChI is InChI=1S/C8H7N5/c9-8-5-3-7-10-1-2-13(7)4-6(5)11-12-8/h1-4,11H,(H2,9,12). The highest BCUT2D eigenvalue weighted by Crippen LogP contribution is 2.18. The largest absolute Gasteiger partial charge is 0.382 e. The maximum Gasteiger partial charge on any atom is 0.153 e. The molecule has 3 heterocycles. The number of hydrogen-bond acceptors (Lipinski definition) is 3. The first kappa shape index (κ1) is 6.47. The maximum atomic E-state index is 5.66. The van der Waals surface area contributed by atoms with Crippen LogP contribution in [-0.4, -0.2) is 19.6 Å². The molecule has 3 aromatic rings. The van der Waals surface area contributed by atoms with Crippen molar-refractivity contribution in [2.45, 2.75) is 0 Å². The first-order valence-electron chi connectivity index (χ1n) is 3.91. The molecule has 0 aromatic carbocycles. The zero-order chi connectivity index (χ0) is 8.84. The van der Waals surface area contributed by atoms with E-state index in [1.807, 2.05) is 22.9 Å². The molecule has 0 bridgehead atoms. The van der Waals surface area contributed by atoms with Gasteiger partial charge >= 0.3 is 0 Å². The summed E-state index contributed by atoms with van der Waals surface area (Å²) < 4.78 is 1.92. The fourth-order valence-electron chi connectivity index (χ4n) is 1.44. The third kappa shape index (κ3) is 0.752. The number of fused-ring (bicyclic) bond motifs is 2. The summed E-state index contributed by atoms with van der Waals surface area (Å²) in [5.74, 6) is 0.514. The van der Waals surface area contributed by atoms with E-state index >= 15 is 0 Å². The van der Waals surface area contributed by atoms with Crippen LogP contribution >= 0.6 is 0 Å². The van der Waals surface area contributed by atoms with Crippen molar-refractivity contribution in [2.24, 2.45) is 0 Å². The molecular weight excluding hydrogens is 166 g/mol. The Kier molecular flexibility index (Phi) is 0.999. The lowest BCUT2D eigenvalue weighted by Crippen LogP contribution is -1.85. The van der Waals surface area contributed by atoms with Crippen molar-refractivity contribution < 1.29 is 0 Å². The van der Waals surface area contributed by atoms with E-state index in [9.17, 15) is 0 Å². The molecule has 0 unspecified atom stereocenters. The fourth-order valence-corrected chi connectivity index (χ4v) is 1.44. The van der Waals surface area contributed by atoms with Gasteiger partial charge in [-0.2, -0.15) is 5.10 Å². The van der Waals surface area contributed by atoms with Gasteiger partial charge in [0.15, 0.2) is 5.82 Å². The Balaban J connectivity index is 2.59. The molecule has 0 aliphatic rings. The van der Waals surface area contributed by atoms with Crippen molar-refractivity contribution >= 4 is 22.4 Å². The molecule has 3 N–H and O–H groups in total. The zero-order valence-electron chi connectivity index (χ0n) is 6.73. The summed E-state index contributed by atoms with van der Waals surface area (Å²) >= 11 is 0. The molecule has 5 heteroatoms. The van der Waals surface area contributed by atoms with Crippen LogP contribution in [0.4, 0.5) is 5.82 Å². The number of nitrogens with two attached hydrogens (primary N) is 1. The predicted octanol–water partition coefficient (Wildman–Crippen LogP) is 0.793. The summed E-state index contributed by atoms with van der Waals surface area (Å²) in [7, 11) is 0. The second-order valence-corrected chi connectivity index (χ2v) is 2.90. The minimum atomic E-state index is 0.514. The van der Waals surface area contributed by atoms with Crippen LogP contribution in [-0.2, 0) is 0 Å². The smallest absolute Gasteiger partial charge is 0.153 e. The summed E-state index contributed by atoms with van der Waals surface area (Å²) in [6.45, 7) is 0. The number of nitrogens with zero attached hydrogens (tertiary/aromatic N) is 3. The van der Waals surface area contributed by atoms with Crippen molar-refractivity contribution in [2.75, 3.05) is 5.73 Å². The van der Waals surface area contributed by atoms with E-state index in [0.29, 0.717) is 5.82 Å². The van der Waals surface area contributed by atoms with Crippen molar-refractivity contribution in [1.29, 1.82) is 0 Å². The third-order valence-electron chi connectivity index (χ3n) is 2.10. The number of anilines is 1. The van der Waals surface area contributed by atoms with Gasteiger partial charge < -0.3 is 10.1 Å². The van der Waals surface area contributed by atoms with Crippen molar-refractivity contribution in [3.63, 3.8) is 0 Å². The predicted molar refractivity (Wildman–Crippen MR) is 49.3 cm³/mol. The molecule has 3 rings (SSSR count). The SMILES string of the molecule is Nc1n[nH]c2cn3ccnc3cc12. The van der Waals surface area contributed by atoms with Gasteiger partial charge in [-0.05, 0) is 6.07 Å². The number of imidazole rings is 1. The van der Waals surface area contributed by atoms with Crippen LogP contribution in [0.2, 0.25) is 0 Å². The van der Waals surface area contributed by atoms with Gasteiger partial charge in [0.2, 0.25) is 0 Å². The highest BCUT2D eigenvalue weighted by molar-refractivity contribution is 5.90. The molecule has 0 aliphatic carbocycles. The molecule has 5 nitrogen and oxygen atoms in total. The normalized spacial score (nSPS) is 11.4. The van der Waals surface area contributed by atoms with Gasteiger partial charge in [-0.25, -0.2) is 4.98 Å². The monoisotopic (exact) mass is 173 g/mol. The number of pyridine rings is 1. The first-order chi connectivity index (χ1) is 6.34. The van der Waals surface area contributed by atoms with Crippen molar-refractivity contribution in [3.8, 4) is 0 Å². The van der Waals surface area contributed by atoms with Crippen LogP contribution in [0.3, 0.4) is 0 Å². The molecule has 0 atom stereocenters. The highest BCUT2D eigenvalue weighted by atomic mass is 15.2. The zero-order valence-corrected chi connectivity index (χ0v) is 6.73. The fraction of sp³-hybridized carbons (Fsp3) is 0. The molecular formula is C8H7N5. The van der Waals surface area contributed by atoms with E-state index in [-0.39, 0.29) is 0 Å². The summed E-state index contributed by atoms with van der Waals surface area (Å²) in [5, 5.41) is 7.67. The van der Waals surface area contributed by atoms with E-state index in [1.165, 1.54) is 0 Å². The Hall–Kier alpha value is -2.04. The molecule has 0 amide bonds. The van der Waals surface area contributed by atoms with E-state index in [1.54, 1.807) is 6.20 Å². The Bertz CT molecular complexity index is 576. The van der Waals surface area contributed by atoms with Gasteiger partial charge in [-0.1, -0.05) is 0 Å². The molecule has 64 valence electrons. The lowest BCUT2D eigenvalue weighted by molar-refractivity contribution is 1.11. The van der Waals surface area contributed by atoms with E-state index in [0.717, 1.165) is 16.6 Å². The number of aromatic amines is 1. The molecule has 0 aliphatic heterocycles. The number of aromatic nitrogens is 4. The minimum absolute atomic E-state index is 0.514. The first-order valence-corrected chi connectivity index (χ1v) is 3.91. The van der Waals surface area contributed by atoms with Gasteiger partial charge in [0, 0.05) is 24.0 Å². The van der Waals surface area contributed by atoms with Crippen LogP contribution in [0, 0.1) is 0 Å². The summed E-state index contributed by atoms with van der Waals surface area (Å²) in [4.78, 5) is 4.16. The Morgan fingerprint density at radius 1 is 1.46 bits per heavy atom. The van der Waals surface area contributed by atoms with Gasteiger partial charge in [0.25, 0.3) is 0 Å². The van der Waals surface area contributed by atoms with Crippen molar-refractivity contribution in [3.05, 3.63) is 24.7 Å². The lowest BCUT2D eigenvalue weighted by atomic mass is 10.3. The Morgan fingerprint density at radius 2 is 2.38 bits per heavy atom. The summed E-state index contributed by atoms with van der Waals surface area (Å²) in [6.07, 6.45) is 5.55. The van der Waals surface area contributed by atoms with E-state index in [2.05, 4.69) is 15.2 Å². The van der Waals surface area contributed by atoms with Gasteiger partial charge in [0.1, 0.15) is 5.65 Å². The van der Waals surface area contributed by atoms with Gasteiger partial charge in [0.05, 0.1) is 5.52 Å². The number of rotatable bonds is 0. The number of hydrogen-bond donors (Lipinski definition) is 2. The second-order valence-electron chi connectivity index (χ2n) is 2.90. The topological polar surface area (TPSA) is 72.0 Å². The van der Waals surface area contributed by atoms with Crippen molar-refractivity contribution in [1.82, 2.24) is 19.6 Å². The molecule has 0 fully saturated rings. The lowest BCUT2D eigenvalue weighted by Gasteiger charge is -1.93. The highest BCUT2D eigenvalue weighted by Gasteiger charge is 2.03. The molecule has 0 saturated carbocycles. The Labute approximate surface area is 73.2 Å². The van der Waals surface area contributed by atoms with Crippen LogP contribution in [0.5, 0.6) is 0 Å². The average molecular weight is 173 g/mol. The molecule has 0 saturated heterocycles. The quantitative estimate of drug-likeness (QED) is 0.528. The van der Waals surface area contributed by atoms with Gasteiger partial charge in [-0.3, -0.25) is 5.10 Å². The number of nitrogens with one attached hydrogen (secondary N) is 1. The average Bonchev–Trinajstić information content (AvgIpc) is 2.70. The molecule has 0 spiro atoms. The second kappa shape index (κ2) is 2.01. The Morgan fingerprint density at radius 3 is 3.31 bits per heavy atom.